The lowest BCUT2D eigenvalue weighted by Gasteiger charge is -2.36. The number of sulfonamides is 1. The van der Waals surface area contributed by atoms with Crippen LogP contribution in [0.15, 0.2) is 71.6 Å². The topological polar surface area (TPSA) is 79.0 Å². The van der Waals surface area contributed by atoms with Gasteiger partial charge >= 0.3 is 0 Å². The van der Waals surface area contributed by atoms with E-state index in [9.17, 15) is 13.2 Å². The molecule has 0 spiro atoms. The lowest BCUT2D eigenvalue weighted by Crippen LogP contribution is -2.49. The van der Waals surface area contributed by atoms with Crippen LogP contribution in [-0.2, 0) is 14.8 Å². The van der Waals surface area contributed by atoms with E-state index >= 15 is 0 Å². The maximum atomic E-state index is 13.0. The SMILES string of the molecule is Cc1ccc(S(=O)(=O)N2CCN(c3c(Cl)cccc3NC(=O)COc3ccccc3Cl)CC2)cc1. The average molecular weight is 534 g/mol. The second-order valence-electron chi connectivity index (χ2n) is 8.11. The van der Waals surface area contributed by atoms with E-state index in [1.807, 2.05) is 11.8 Å². The fourth-order valence-corrected chi connectivity index (χ4v) is 5.75. The monoisotopic (exact) mass is 533 g/mol. The maximum Gasteiger partial charge on any atom is 0.262 e. The molecule has 1 heterocycles. The summed E-state index contributed by atoms with van der Waals surface area (Å²) < 4.78 is 33.1. The zero-order valence-electron chi connectivity index (χ0n) is 19.1. The number of aryl methyl sites for hydroxylation is 1. The van der Waals surface area contributed by atoms with Gasteiger partial charge in [0.05, 0.1) is 26.3 Å². The van der Waals surface area contributed by atoms with Gasteiger partial charge in [0.15, 0.2) is 6.61 Å². The predicted molar refractivity (Wildman–Crippen MR) is 139 cm³/mol. The zero-order chi connectivity index (χ0) is 25.0. The summed E-state index contributed by atoms with van der Waals surface area (Å²) in [5, 5.41) is 3.73. The molecule has 0 radical (unpaired) electrons. The van der Waals surface area contributed by atoms with Crippen LogP contribution in [0, 0.1) is 6.92 Å². The molecule has 0 bridgehead atoms. The Kier molecular flexibility index (Phi) is 7.86. The van der Waals surface area contributed by atoms with Crippen LogP contribution < -0.4 is 15.0 Å². The fraction of sp³-hybridized carbons (Fsp3) is 0.240. The summed E-state index contributed by atoms with van der Waals surface area (Å²) >= 11 is 12.6. The number of hydrogen-bond acceptors (Lipinski definition) is 5. The molecule has 0 aromatic heterocycles. The van der Waals surface area contributed by atoms with Gasteiger partial charge in [-0.15, -0.1) is 0 Å². The van der Waals surface area contributed by atoms with Gasteiger partial charge in [0.1, 0.15) is 5.75 Å². The van der Waals surface area contributed by atoms with Crippen LogP contribution in [-0.4, -0.2) is 51.4 Å². The Bertz CT molecular complexity index is 1310. The molecule has 0 atom stereocenters. The van der Waals surface area contributed by atoms with E-state index in [4.69, 9.17) is 27.9 Å². The van der Waals surface area contributed by atoms with Crippen LogP contribution >= 0.6 is 23.2 Å². The van der Waals surface area contributed by atoms with Crippen LogP contribution in [0.25, 0.3) is 0 Å². The first-order chi connectivity index (χ1) is 16.8. The highest BCUT2D eigenvalue weighted by atomic mass is 35.5. The third-order valence-corrected chi connectivity index (χ3v) is 8.20. The standard InChI is InChI=1S/C25H25Cl2N3O4S/c1-18-9-11-19(12-10-18)35(32,33)30-15-13-29(14-16-30)25-21(27)6-4-7-22(25)28-24(31)17-34-23-8-3-2-5-20(23)26/h2-12H,13-17H2,1H3,(H,28,31). The van der Waals surface area contributed by atoms with E-state index < -0.39 is 10.0 Å². The molecule has 35 heavy (non-hydrogen) atoms. The van der Waals surface area contributed by atoms with Crippen LogP contribution in [0.1, 0.15) is 5.56 Å². The van der Waals surface area contributed by atoms with Crippen LogP contribution in [0.2, 0.25) is 10.0 Å². The first kappa shape index (κ1) is 25.3. The quantitative estimate of drug-likeness (QED) is 0.470. The van der Waals surface area contributed by atoms with E-state index in [0.717, 1.165) is 5.56 Å². The number of piperazine rings is 1. The van der Waals surface area contributed by atoms with E-state index in [2.05, 4.69) is 5.32 Å². The number of rotatable bonds is 7. The number of carbonyl (C=O) groups excluding carboxylic acids is 1. The summed E-state index contributed by atoms with van der Waals surface area (Å²) in [6.07, 6.45) is 0. The Morgan fingerprint density at radius 1 is 0.914 bits per heavy atom. The number of anilines is 2. The molecule has 4 rings (SSSR count). The lowest BCUT2D eigenvalue weighted by atomic mass is 10.2. The van der Waals surface area contributed by atoms with Crippen molar-refractivity contribution in [1.82, 2.24) is 4.31 Å². The molecule has 0 aliphatic carbocycles. The largest absolute Gasteiger partial charge is 0.482 e. The number of amides is 1. The Hall–Kier alpha value is -2.78. The van der Waals surface area contributed by atoms with E-state index in [0.29, 0.717) is 53.3 Å². The summed E-state index contributed by atoms with van der Waals surface area (Å²) in [4.78, 5) is 14.8. The molecule has 1 aliphatic rings. The first-order valence-electron chi connectivity index (χ1n) is 11.0. The van der Waals surface area contributed by atoms with Crippen LogP contribution in [0.4, 0.5) is 11.4 Å². The van der Waals surface area contributed by atoms with Crippen molar-refractivity contribution in [2.45, 2.75) is 11.8 Å². The lowest BCUT2D eigenvalue weighted by molar-refractivity contribution is -0.118. The van der Waals surface area contributed by atoms with Crippen molar-refractivity contribution in [2.24, 2.45) is 0 Å². The summed E-state index contributed by atoms with van der Waals surface area (Å²) in [6.45, 7) is 3.13. The van der Waals surface area contributed by atoms with Gasteiger partial charge < -0.3 is 15.0 Å². The van der Waals surface area contributed by atoms with Crippen molar-refractivity contribution in [3.8, 4) is 5.75 Å². The van der Waals surface area contributed by atoms with Crippen LogP contribution in [0.5, 0.6) is 5.75 Å². The molecule has 0 saturated carbocycles. The van der Waals surface area contributed by atoms with Crippen molar-refractivity contribution in [1.29, 1.82) is 0 Å². The Morgan fingerprint density at radius 2 is 1.57 bits per heavy atom. The molecule has 1 N–H and O–H groups in total. The number of nitrogens with one attached hydrogen (secondary N) is 1. The van der Waals surface area contributed by atoms with Gasteiger partial charge in [0.25, 0.3) is 5.91 Å². The molecule has 1 fully saturated rings. The first-order valence-corrected chi connectivity index (χ1v) is 13.2. The molecule has 3 aromatic carbocycles. The van der Waals surface area contributed by atoms with Gasteiger partial charge in [-0.2, -0.15) is 4.31 Å². The number of hydrogen-bond donors (Lipinski definition) is 1. The molecule has 7 nitrogen and oxygen atoms in total. The number of benzene rings is 3. The van der Waals surface area contributed by atoms with Gasteiger partial charge in [0, 0.05) is 26.2 Å². The van der Waals surface area contributed by atoms with E-state index in [1.165, 1.54) is 4.31 Å². The molecule has 10 heteroatoms. The highest BCUT2D eigenvalue weighted by molar-refractivity contribution is 7.89. The number of nitrogens with zero attached hydrogens (tertiary/aromatic N) is 2. The Morgan fingerprint density at radius 3 is 2.26 bits per heavy atom. The van der Waals surface area contributed by atoms with Crippen molar-refractivity contribution < 1.29 is 17.9 Å². The molecule has 1 aliphatic heterocycles. The highest BCUT2D eigenvalue weighted by Gasteiger charge is 2.30. The minimum Gasteiger partial charge on any atom is -0.482 e. The third kappa shape index (κ3) is 5.90. The smallest absolute Gasteiger partial charge is 0.262 e. The summed E-state index contributed by atoms with van der Waals surface area (Å²) in [6, 6.07) is 19.0. The van der Waals surface area contributed by atoms with Crippen LogP contribution in [0.3, 0.4) is 0 Å². The average Bonchev–Trinajstić information content (AvgIpc) is 2.84. The summed E-state index contributed by atoms with van der Waals surface area (Å²) in [5.74, 6) is 0.0514. The molecule has 0 unspecified atom stereocenters. The maximum absolute atomic E-state index is 13.0. The minimum atomic E-state index is -3.58. The summed E-state index contributed by atoms with van der Waals surface area (Å²) in [5.41, 5.74) is 2.17. The second-order valence-corrected chi connectivity index (χ2v) is 10.9. The zero-order valence-corrected chi connectivity index (χ0v) is 21.4. The van der Waals surface area contributed by atoms with Crippen molar-refractivity contribution >= 4 is 50.5 Å². The van der Waals surface area contributed by atoms with Gasteiger partial charge in [-0.25, -0.2) is 8.42 Å². The summed E-state index contributed by atoms with van der Waals surface area (Å²) in [7, 11) is -3.58. The number of carbonyl (C=O) groups is 1. The predicted octanol–water partition coefficient (Wildman–Crippen LogP) is 4.83. The van der Waals surface area contributed by atoms with Crippen molar-refractivity contribution in [3.05, 3.63) is 82.3 Å². The molecule has 184 valence electrons. The third-order valence-electron chi connectivity index (χ3n) is 5.67. The van der Waals surface area contributed by atoms with Gasteiger partial charge in [-0.3, -0.25) is 4.79 Å². The van der Waals surface area contributed by atoms with Gasteiger partial charge in [-0.05, 0) is 43.3 Å². The van der Waals surface area contributed by atoms with E-state index in [1.54, 1.807) is 66.7 Å². The molecular weight excluding hydrogens is 509 g/mol. The van der Waals surface area contributed by atoms with Gasteiger partial charge in [0.2, 0.25) is 10.0 Å². The fourth-order valence-electron chi connectivity index (χ4n) is 3.84. The second kappa shape index (κ2) is 10.9. The van der Waals surface area contributed by atoms with Gasteiger partial charge in [-0.1, -0.05) is 59.1 Å². The number of ether oxygens (including phenoxy) is 1. The highest BCUT2D eigenvalue weighted by Crippen LogP contribution is 2.35. The number of halogens is 2. The Labute approximate surface area is 215 Å². The molecule has 3 aromatic rings. The molecule has 1 amide bonds. The minimum absolute atomic E-state index is 0.224. The molecular formula is C25H25Cl2N3O4S. The normalized spacial score (nSPS) is 14.5. The number of para-hydroxylation sites is 2. The van der Waals surface area contributed by atoms with E-state index in [-0.39, 0.29) is 17.4 Å². The Balaban J connectivity index is 1.43. The van der Waals surface area contributed by atoms with Crippen molar-refractivity contribution in [2.75, 3.05) is 43.0 Å². The molecule has 1 saturated heterocycles. The van der Waals surface area contributed by atoms with Crippen molar-refractivity contribution in [3.63, 3.8) is 0 Å².